The average Bonchev–Trinajstić information content (AvgIpc) is 3.23. The Bertz CT molecular complexity index is 369. The number of methoxy groups -OCH3 is 1. The molecule has 19 heavy (non-hydrogen) atoms. The van der Waals surface area contributed by atoms with Crippen molar-refractivity contribution in [1.29, 1.82) is 0 Å². The van der Waals surface area contributed by atoms with Crippen molar-refractivity contribution >= 4 is 0 Å². The van der Waals surface area contributed by atoms with E-state index in [1.807, 2.05) is 7.11 Å². The van der Waals surface area contributed by atoms with Crippen LogP contribution in [0.3, 0.4) is 0 Å². The van der Waals surface area contributed by atoms with Crippen LogP contribution in [0.4, 0.5) is 0 Å². The van der Waals surface area contributed by atoms with E-state index in [0.29, 0.717) is 12.1 Å². The van der Waals surface area contributed by atoms with Crippen molar-refractivity contribution in [3.05, 3.63) is 35.4 Å². The molecule has 2 nitrogen and oxygen atoms in total. The van der Waals surface area contributed by atoms with Crippen molar-refractivity contribution in [3.63, 3.8) is 0 Å². The molecule has 1 aliphatic carbocycles. The zero-order valence-electron chi connectivity index (χ0n) is 12.5. The third kappa shape index (κ3) is 4.32. The number of hydrogen-bond donors (Lipinski definition) is 1. The second-order valence-corrected chi connectivity index (χ2v) is 5.79. The molecular weight excluding hydrogens is 234 g/mol. The van der Waals surface area contributed by atoms with Gasteiger partial charge in [0.25, 0.3) is 0 Å². The molecule has 1 fully saturated rings. The fraction of sp³-hybridized carbons (Fsp3) is 0.647. The van der Waals surface area contributed by atoms with Gasteiger partial charge in [-0.15, -0.1) is 0 Å². The lowest BCUT2D eigenvalue weighted by atomic mass is 9.97. The molecular formula is C17H27NO. The molecule has 2 unspecified atom stereocenters. The maximum Gasteiger partial charge on any atom is 0.0755 e. The van der Waals surface area contributed by atoms with Crippen LogP contribution in [0, 0.1) is 12.8 Å². The third-order valence-corrected chi connectivity index (χ3v) is 3.99. The van der Waals surface area contributed by atoms with Crippen LogP contribution in [0.1, 0.15) is 37.3 Å². The van der Waals surface area contributed by atoms with E-state index in [0.717, 1.165) is 18.9 Å². The molecule has 2 rings (SSSR count). The van der Waals surface area contributed by atoms with Gasteiger partial charge in [0.2, 0.25) is 0 Å². The van der Waals surface area contributed by atoms with Crippen LogP contribution in [0.15, 0.2) is 24.3 Å². The molecule has 0 bridgehead atoms. The Hall–Kier alpha value is -0.860. The minimum atomic E-state index is 0.368. The van der Waals surface area contributed by atoms with Crippen LogP contribution in [0.25, 0.3) is 0 Å². The Balaban J connectivity index is 2.01. The summed E-state index contributed by atoms with van der Waals surface area (Å²) in [6.07, 6.45) is 5.27. The highest BCUT2D eigenvalue weighted by molar-refractivity contribution is 5.22. The summed E-state index contributed by atoms with van der Waals surface area (Å²) in [6, 6.07) is 9.33. The van der Waals surface area contributed by atoms with Crippen molar-refractivity contribution in [3.8, 4) is 0 Å². The summed E-state index contributed by atoms with van der Waals surface area (Å²) in [5.41, 5.74) is 2.73. The molecule has 0 heterocycles. The molecule has 1 saturated carbocycles. The molecule has 0 spiro atoms. The van der Waals surface area contributed by atoms with Crippen molar-refractivity contribution in [2.75, 3.05) is 13.7 Å². The predicted molar refractivity (Wildman–Crippen MR) is 80.5 cm³/mol. The van der Waals surface area contributed by atoms with Gasteiger partial charge in [0.1, 0.15) is 0 Å². The molecule has 0 aliphatic heterocycles. The van der Waals surface area contributed by atoms with E-state index in [2.05, 4.69) is 43.4 Å². The van der Waals surface area contributed by atoms with Crippen LogP contribution < -0.4 is 5.32 Å². The molecule has 1 aliphatic rings. The first-order valence-electron chi connectivity index (χ1n) is 7.56. The lowest BCUT2D eigenvalue weighted by molar-refractivity contribution is 0.0511. The zero-order chi connectivity index (χ0) is 13.7. The van der Waals surface area contributed by atoms with Gasteiger partial charge in [-0.1, -0.05) is 36.8 Å². The topological polar surface area (TPSA) is 21.3 Å². The molecule has 106 valence electrons. The molecule has 1 N–H and O–H groups in total. The van der Waals surface area contributed by atoms with Crippen molar-refractivity contribution in [1.82, 2.24) is 5.32 Å². The first kappa shape index (κ1) is 14.5. The summed E-state index contributed by atoms with van der Waals surface area (Å²) in [6.45, 7) is 5.43. The molecule has 2 heteroatoms. The van der Waals surface area contributed by atoms with Gasteiger partial charge in [0, 0.05) is 13.2 Å². The number of hydrogen-bond acceptors (Lipinski definition) is 2. The summed E-state index contributed by atoms with van der Waals surface area (Å²) in [4.78, 5) is 0. The summed E-state index contributed by atoms with van der Waals surface area (Å²) in [7, 11) is 1.86. The van der Waals surface area contributed by atoms with E-state index in [1.165, 1.54) is 30.4 Å². The molecule has 0 saturated heterocycles. The van der Waals surface area contributed by atoms with E-state index in [1.54, 1.807) is 0 Å². The van der Waals surface area contributed by atoms with Crippen LogP contribution >= 0.6 is 0 Å². The number of benzene rings is 1. The van der Waals surface area contributed by atoms with Gasteiger partial charge in [-0.2, -0.15) is 0 Å². The first-order chi connectivity index (χ1) is 9.24. The normalized spacial score (nSPS) is 18.3. The lowest BCUT2D eigenvalue weighted by Gasteiger charge is -2.27. The fourth-order valence-electron chi connectivity index (χ4n) is 2.72. The summed E-state index contributed by atoms with van der Waals surface area (Å²) < 4.78 is 5.77. The van der Waals surface area contributed by atoms with Gasteiger partial charge in [0.15, 0.2) is 0 Å². The minimum absolute atomic E-state index is 0.368. The van der Waals surface area contributed by atoms with Gasteiger partial charge in [-0.3, -0.25) is 0 Å². The highest BCUT2D eigenvalue weighted by atomic mass is 16.5. The second kappa shape index (κ2) is 7.06. The fourth-order valence-corrected chi connectivity index (χ4v) is 2.72. The monoisotopic (exact) mass is 261 g/mol. The smallest absolute Gasteiger partial charge is 0.0755 e. The number of aryl methyl sites for hydroxylation is 1. The van der Waals surface area contributed by atoms with Crippen molar-refractivity contribution < 1.29 is 4.74 Å². The van der Waals surface area contributed by atoms with Gasteiger partial charge in [0.05, 0.1) is 6.10 Å². The maximum absolute atomic E-state index is 5.77. The molecule has 2 atom stereocenters. The first-order valence-corrected chi connectivity index (χ1v) is 7.56. The van der Waals surface area contributed by atoms with Gasteiger partial charge in [-0.05, 0) is 50.6 Å². The highest BCUT2D eigenvalue weighted by Crippen LogP contribution is 2.36. The third-order valence-electron chi connectivity index (χ3n) is 3.99. The van der Waals surface area contributed by atoms with E-state index in [4.69, 9.17) is 4.74 Å². The number of nitrogens with one attached hydrogen (secondary N) is 1. The summed E-state index contributed by atoms with van der Waals surface area (Å²) >= 11 is 0. The van der Waals surface area contributed by atoms with E-state index >= 15 is 0 Å². The number of rotatable bonds is 8. The van der Waals surface area contributed by atoms with Gasteiger partial charge in [-0.25, -0.2) is 0 Å². The quantitative estimate of drug-likeness (QED) is 0.775. The van der Waals surface area contributed by atoms with Crippen LogP contribution in [-0.4, -0.2) is 25.8 Å². The van der Waals surface area contributed by atoms with Crippen molar-refractivity contribution in [2.45, 2.75) is 51.7 Å². The molecule has 0 amide bonds. The van der Waals surface area contributed by atoms with E-state index < -0.39 is 0 Å². The Morgan fingerprint density at radius 2 is 1.95 bits per heavy atom. The summed E-state index contributed by atoms with van der Waals surface area (Å²) in [5.74, 6) is 0.768. The highest BCUT2D eigenvalue weighted by Gasteiger charge is 2.36. The standard InChI is InChI=1S/C17H27NO/c1-4-11-18-16(17(19-3)15-9-10-15)12-14-7-5-13(2)6-8-14/h5-8,15-18H,4,9-12H2,1-3H3. The van der Waals surface area contributed by atoms with E-state index in [-0.39, 0.29) is 0 Å². The zero-order valence-corrected chi connectivity index (χ0v) is 12.5. The second-order valence-electron chi connectivity index (χ2n) is 5.79. The molecule has 1 aromatic rings. The van der Waals surface area contributed by atoms with Crippen LogP contribution in [-0.2, 0) is 11.2 Å². The molecule has 1 aromatic carbocycles. The predicted octanol–water partition coefficient (Wildman–Crippen LogP) is 3.33. The lowest BCUT2D eigenvalue weighted by Crippen LogP contribution is -2.44. The average molecular weight is 261 g/mol. The molecule has 0 aromatic heterocycles. The Labute approximate surface area is 117 Å². The SMILES string of the molecule is CCCNC(Cc1ccc(C)cc1)C(OC)C1CC1. The maximum atomic E-state index is 5.77. The molecule has 0 radical (unpaired) electrons. The summed E-state index contributed by atoms with van der Waals surface area (Å²) in [5, 5.41) is 3.68. The van der Waals surface area contributed by atoms with Crippen molar-refractivity contribution in [2.24, 2.45) is 5.92 Å². The Morgan fingerprint density at radius 1 is 1.26 bits per heavy atom. The van der Waals surface area contributed by atoms with E-state index in [9.17, 15) is 0 Å². The number of ether oxygens (including phenoxy) is 1. The van der Waals surface area contributed by atoms with Gasteiger partial charge < -0.3 is 10.1 Å². The van der Waals surface area contributed by atoms with Crippen LogP contribution in [0.2, 0.25) is 0 Å². The Kier molecular flexibility index (Phi) is 5.41. The van der Waals surface area contributed by atoms with Crippen LogP contribution in [0.5, 0.6) is 0 Å². The Morgan fingerprint density at radius 3 is 2.47 bits per heavy atom. The minimum Gasteiger partial charge on any atom is -0.380 e. The van der Waals surface area contributed by atoms with Gasteiger partial charge >= 0.3 is 0 Å². The largest absolute Gasteiger partial charge is 0.380 e.